The second-order valence-electron chi connectivity index (χ2n) is 4.18. The van der Waals surface area contributed by atoms with E-state index in [0.717, 1.165) is 5.69 Å². The molecule has 1 atom stereocenters. The van der Waals surface area contributed by atoms with Crippen molar-refractivity contribution in [3.05, 3.63) is 17.5 Å². The Labute approximate surface area is 94.7 Å². The Morgan fingerprint density at radius 3 is 3.00 bits per heavy atom. The van der Waals surface area contributed by atoms with Gasteiger partial charge in [-0.05, 0) is 26.3 Å². The van der Waals surface area contributed by atoms with Crippen molar-refractivity contribution in [1.82, 2.24) is 14.7 Å². The average Bonchev–Trinajstić information content (AvgIpc) is 2.83. The van der Waals surface area contributed by atoms with Crippen LogP contribution in [0.2, 0.25) is 0 Å². The van der Waals surface area contributed by atoms with Gasteiger partial charge in [-0.15, -0.1) is 0 Å². The second kappa shape index (κ2) is 4.25. The molecule has 0 aliphatic carbocycles. The summed E-state index contributed by atoms with van der Waals surface area (Å²) in [4.78, 5) is 13.8. The Morgan fingerprint density at radius 2 is 2.44 bits per heavy atom. The van der Waals surface area contributed by atoms with Gasteiger partial charge >= 0.3 is 0 Å². The van der Waals surface area contributed by atoms with Gasteiger partial charge in [-0.25, -0.2) is 0 Å². The summed E-state index contributed by atoms with van der Waals surface area (Å²) in [5.41, 5.74) is 1.47. The predicted molar refractivity (Wildman–Crippen MR) is 59.2 cm³/mol. The number of aromatic nitrogens is 2. The zero-order valence-corrected chi connectivity index (χ0v) is 9.68. The van der Waals surface area contributed by atoms with Crippen molar-refractivity contribution in [3.63, 3.8) is 0 Å². The van der Waals surface area contributed by atoms with Gasteiger partial charge in [-0.1, -0.05) is 0 Å². The smallest absolute Gasteiger partial charge is 0.272 e. The molecule has 0 aromatic carbocycles. The standard InChI is InChI=1S/C11H17N3O2/c1-3-14-10(6-8(2)12-14)11(16)13-5-4-9(15)7-13/h6,9,15H,3-5,7H2,1-2H3/t9-/m1/s1. The molecule has 0 radical (unpaired) electrons. The number of likely N-dealkylation sites (tertiary alicyclic amines) is 1. The largest absolute Gasteiger partial charge is 0.391 e. The summed E-state index contributed by atoms with van der Waals surface area (Å²) in [7, 11) is 0. The van der Waals surface area contributed by atoms with Gasteiger partial charge in [-0.2, -0.15) is 5.10 Å². The quantitative estimate of drug-likeness (QED) is 0.790. The summed E-state index contributed by atoms with van der Waals surface area (Å²) >= 11 is 0. The number of hydrogen-bond donors (Lipinski definition) is 1. The van der Waals surface area contributed by atoms with E-state index in [1.807, 2.05) is 13.8 Å². The second-order valence-corrected chi connectivity index (χ2v) is 4.18. The zero-order valence-electron chi connectivity index (χ0n) is 9.68. The molecule has 2 heterocycles. The van der Waals surface area contributed by atoms with Crippen molar-refractivity contribution in [1.29, 1.82) is 0 Å². The minimum atomic E-state index is -0.372. The molecule has 88 valence electrons. The molecule has 1 amide bonds. The molecule has 5 heteroatoms. The number of aliphatic hydroxyl groups is 1. The minimum Gasteiger partial charge on any atom is -0.391 e. The van der Waals surface area contributed by atoms with E-state index < -0.39 is 0 Å². The number of hydrogen-bond acceptors (Lipinski definition) is 3. The first-order chi connectivity index (χ1) is 7.61. The van der Waals surface area contributed by atoms with Crippen molar-refractivity contribution in [3.8, 4) is 0 Å². The maximum Gasteiger partial charge on any atom is 0.272 e. The highest BCUT2D eigenvalue weighted by atomic mass is 16.3. The highest BCUT2D eigenvalue weighted by molar-refractivity contribution is 5.92. The highest BCUT2D eigenvalue weighted by Gasteiger charge is 2.27. The Kier molecular flexibility index (Phi) is 2.96. The molecule has 0 saturated carbocycles. The van der Waals surface area contributed by atoms with E-state index in [1.54, 1.807) is 15.6 Å². The van der Waals surface area contributed by atoms with Crippen LogP contribution >= 0.6 is 0 Å². The van der Waals surface area contributed by atoms with E-state index >= 15 is 0 Å². The van der Waals surface area contributed by atoms with Gasteiger partial charge in [0.1, 0.15) is 5.69 Å². The molecule has 2 rings (SSSR count). The van der Waals surface area contributed by atoms with E-state index in [2.05, 4.69) is 5.10 Å². The maximum atomic E-state index is 12.1. The molecular formula is C11H17N3O2. The van der Waals surface area contributed by atoms with Crippen LogP contribution in [0, 0.1) is 6.92 Å². The van der Waals surface area contributed by atoms with Crippen LogP contribution in [0.3, 0.4) is 0 Å². The predicted octanol–water partition coefficient (Wildman–Crippen LogP) is 0.418. The third-order valence-corrected chi connectivity index (χ3v) is 2.87. The van der Waals surface area contributed by atoms with E-state index in [1.165, 1.54) is 0 Å². The van der Waals surface area contributed by atoms with Gasteiger partial charge in [0.25, 0.3) is 5.91 Å². The molecule has 1 aromatic rings. The average molecular weight is 223 g/mol. The van der Waals surface area contributed by atoms with Crippen LogP contribution in [0.5, 0.6) is 0 Å². The summed E-state index contributed by atoms with van der Waals surface area (Å²) in [5, 5.41) is 13.7. The van der Waals surface area contributed by atoms with Crippen molar-refractivity contribution >= 4 is 5.91 Å². The lowest BCUT2D eigenvalue weighted by molar-refractivity contribution is 0.0753. The Balaban J connectivity index is 2.20. The number of amides is 1. The topological polar surface area (TPSA) is 58.4 Å². The third kappa shape index (κ3) is 1.95. The van der Waals surface area contributed by atoms with Gasteiger partial charge < -0.3 is 10.0 Å². The molecule has 16 heavy (non-hydrogen) atoms. The first kappa shape index (κ1) is 11.1. The van der Waals surface area contributed by atoms with Gasteiger partial charge in [-0.3, -0.25) is 9.48 Å². The number of carbonyl (C=O) groups is 1. The molecule has 1 aromatic heterocycles. The van der Waals surface area contributed by atoms with Gasteiger partial charge in [0.15, 0.2) is 0 Å². The van der Waals surface area contributed by atoms with Crippen LogP contribution in [-0.4, -0.2) is 44.9 Å². The van der Waals surface area contributed by atoms with Crippen LogP contribution in [0.15, 0.2) is 6.07 Å². The lowest BCUT2D eigenvalue weighted by atomic mass is 10.3. The molecule has 0 spiro atoms. The molecule has 1 fully saturated rings. The third-order valence-electron chi connectivity index (χ3n) is 2.87. The Bertz CT molecular complexity index is 400. The van der Waals surface area contributed by atoms with E-state index in [-0.39, 0.29) is 12.0 Å². The monoisotopic (exact) mass is 223 g/mol. The molecule has 1 saturated heterocycles. The van der Waals surface area contributed by atoms with Crippen molar-refractivity contribution in [2.24, 2.45) is 0 Å². The zero-order chi connectivity index (χ0) is 11.7. The summed E-state index contributed by atoms with van der Waals surface area (Å²) in [6, 6.07) is 1.80. The Hall–Kier alpha value is -1.36. The SMILES string of the molecule is CCn1nc(C)cc1C(=O)N1CC[C@@H](O)C1. The van der Waals surface area contributed by atoms with Crippen molar-refractivity contribution < 1.29 is 9.90 Å². The fraction of sp³-hybridized carbons (Fsp3) is 0.636. The molecular weight excluding hydrogens is 206 g/mol. The van der Waals surface area contributed by atoms with Crippen LogP contribution in [-0.2, 0) is 6.54 Å². The molecule has 0 bridgehead atoms. The van der Waals surface area contributed by atoms with Crippen molar-refractivity contribution in [2.45, 2.75) is 32.9 Å². The normalized spacial score (nSPS) is 20.4. The van der Waals surface area contributed by atoms with Crippen molar-refractivity contribution in [2.75, 3.05) is 13.1 Å². The number of aliphatic hydroxyl groups excluding tert-OH is 1. The number of rotatable bonds is 2. The van der Waals surface area contributed by atoms with Crippen LogP contribution in [0.25, 0.3) is 0 Å². The summed E-state index contributed by atoms with van der Waals surface area (Å²) in [6.45, 7) is 5.59. The molecule has 1 N–H and O–H groups in total. The van der Waals surface area contributed by atoms with Crippen LogP contribution < -0.4 is 0 Å². The summed E-state index contributed by atoms with van der Waals surface area (Å²) in [6.07, 6.45) is 0.299. The molecule has 1 aliphatic rings. The lowest BCUT2D eigenvalue weighted by Crippen LogP contribution is -2.31. The lowest BCUT2D eigenvalue weighted by Gasteiger charge is -2.15. The van der Waals surface area contributed by atoms with Gasteiger partial charge in [0.05, 0.1) is 11.8 Å². The number of β-amino-alcohol motifs (C(OH)–C–C–N with tert-alkyl or cyclic N) is 1. The molecule has 0 unspecified atom stereocenters. The summed E-state index contributed by atoms with van der Waals surface area (Å²) < 4.78 is 1.71. The van der Waals surface area contributed by atoms with Gasteiger partial charge in [0, 0.05) is 19.6 Å². The minimum absolute atomic E-state index is 0.0287. The van der Waals surface area contributed by atoms with E-state index in [0.29, 0.717) is 31.7 Å². The highest BCUT2D eigenvalue weighted by Crippen LogP contribution is 2.14. The fourth-order valence-corrected chi connectivity index (χ4v) is 2.05. The van der Waals surface area contributed by atoms with Crippen LogP contribution in [0.4, 0.5) is 0 Å². The van der Waals surface area contributed by atoms with E-state index in [4.69, 9.17) is 0 Å². The Morgan fingerprint density at radius 1 is 1.69 bits per heavy atom. The van der Waals surface area contributed by atoms with E-state index in [9.17, 15) is 9.90 Å². The number of carbonyl (C=O) groups excluding carboxylic acids is 1. The maximum absolute atomic E-state index is 12.1. The fourth-order valence-electron chi connectivity index (χ4n) is 2.05. The first-order valence-corrected chi connectivity index (χ1v) is 5.63. The summed E-state index contributed by atoms with van der Waals surface area (Å²) in [5.74, 6) is -0.0287. The molecule has 5 nitrogen and oxygen atoms in total. The molecule has 1 aliphatic heterocycles. The first-order valence-electron chi connectivity index (χ1n) is 5.63. The van der Waals surface area contributed by atoms with Gasteiger partial charge in [0.2, 0.25) is 0 Å². The van der Waals surface area contributed by atoms with Crippen LogP contribution in [0.1, 0.15) is 29.5 Å². The number of aryl methyl sites for hydroxylation is 2. The number of nitrogens with zero attached hydrogens (tertiary/aromatic N) is 3.